The molecule has 1 amide bonds. The van der Waals surface area contributed by atoms with Crippen molar-refractivity contribution in [3.05, 3.63) is 0 Å². The quantitative estimate of drug-likeness (QED) is 0.578. The van der Waals surface area contributed by atoms with E-state index >= 15 is 0 Å². The number of carbonyl (C=O) groups excluding carboxylic acids is 1. The summed E-state index contributed by atoms with van der Waals surface area (Å²) in [5.41, 5.74) is 0. The van der Waals surface area contributed by atoms with E-state index < -0.39 is 0 Å². The minimum absolute atomic E-state index is 0.0101. The van der Waals surface area contributed by atoms with Crippen LogP contribution in [0.1, 0.15) is 19.8 Å². The standard InChI is InChI=1S/C11H21N3O2/c1-3-14(8-4-6-12)10-11(15)13-7-5-9-16-2/h3-5,7-10H2,1-2H3,(H,13,15). The lowest BCUT2D eigenvalue weighted by Gasteiger charge is -2.18. The molecule has 0 spiro atoms. The maximum absolute atomic E-state index is 11.5. The molecule has 0 aliphatic rings. The fourth-order valence-electron chi connectivity index (χ4n) is 1.26. The Labute approximate surface area is 97.4 Å². The molecule has 0 bridgehead atoms. The van der Waals surface area contributed by atoms with Crippen LogP contribution in [0.25, 0.3) is 0 Å². The smallest absolute Gasteiger partial charge is 0.234 e. The van der Waals surface area contributed by atoms with Crippen molar-refractivity contribution in [3.8, 4) is 6.07 Å². The van der Waals surface area contributed by atoms with Gasteiger partial charge in [-0.25, -0.2) is 0 Å². The van der Waals surface area contributed by atoms with Gasteiger partial charge < -0.3 is 10.1 Å². The minimum Gasteiger partial charge on any atom is -0.385 e. The molecule has 0 atom stereocenters. The lowest BCUT2D eigenvalue weighted by atomic mass is 10.3. The molecule has 0 rings (SSSR count). The number of nitrogens with one attached hydrogen (secondary N) is 1. The number of carbonyl (C=O) groups is 1. The van der Waals surface area contributed by atoms with Gasteiger partial charge in [0, 0.05) is 33.2 Å². The van der Waals surface area contributed by atoms with E-state index in [0.29, 0.717) is 32.7 Å². The number of rotatable bonds is 9. The molecule has 0 aromatic heterocycles. The molecule has 0 unspecified atom stereocenters. The van der Waals surface area contributed by atoms with Crippen molar-refractivity contribution in [1.29, 1.82) is 5.26 Å². The van der Waals surface area contributed by atoms with Gasteiger partial charge >= 0.3 is 0 Å². The van der Waals surface area contributed by atoms with Gasteiger partial charge in [0.15, 0.2) is 0 Å². The maximum Gasteiger partial charge on any atom is 0.234 e. The molecule has 0 heterocycles. The Morgan fingerprint density at radius 1 is 1.56 bits per heavy atom. The summed E-state index contributed by atoms with van der Waals surface area (Å²) in [6.07, 6.45) is 1.29. The topological polar surface area (TPSA) is 65.4 Å². The summed E-state index contributed by atoms with van der Waals surface area (Å²) >= 11 is 0. The SMILES string of the molecule is CCN(CCC#N)CC(=O)NCCCOC. The normalized spacial score (nSPS) is 10.1. The molecule has 5 nitrogen and oxygen atoms in total. The predicted octanol–water partition coefficient (Wildman–Crippen LogP) is 0.375. The number of hydrogen-bond donors (Lipinski definition) is 1. The Morgan fingerprint density at radius 2 is 2.31 bits per heavy atom. The summed E-state index contributed by atoms with van der Waals surface area (Å²) in [5.74, 6) is 0.0101. The Kier molecular flexibility index (Phi) is 9.67. The van der Waals surface area contributed by atoms with Crippen LogP contribution in [0.3, 0.4) is 0 Å². The van der Waals surface area contributed by atoms with E-state index in [4.69, 9.17) is 10.00 Å². The first-order valence-corrected chi connectivity index (χ1v) is 5.59. The number of hydrogen-bond acceptors (Lipinski definition) is 4. The molecule has 0 saturated heterocycles. The molecule has 5 heteroatoms. The van der Waals surface area contributed by atoms with Crippen molar-refractivity contribution < 1.29 is 9.53 Å². The predicted molar refractivity (Wildman–Crippen MR) is 61.8 cm³/mol. The Hall–Kier alpha value is -1.12. The third-order valence-corrected chi connectivity index (χ3v) is 2.20. The molecule has 0 saturated carbocycles. The molecule has 0 radical (unpaired) electrons. The Bertz CT molecular complexity index is 226. The molecule has 0 aliphatic heterocycles. The van der Waals surface area contributed by atoms with Gasteiger partial charge in [-0.15, -0.1) is 0 Å². The van der Waals surface area contributed by atoms with Crippen molar-refractivity contribution in [2.24, 2.45) is 0 Å². The van der Waals surface area contributed by atoms with Crippen LogP contribution in [0.2, 0.25) is 0 Å². The van der Waals surface area contributed by atoms with Gasteiger partial charge in [0.05, 0.1) is 12.6 Å². The second kappa shape index (κ2) is 10.4. The van der Waals surface area contributed by atoms with Crippen LogP contribution in [-0.4, -0.2) is 50.7 Å². The van der Waals surface area contributed by atoms with Crippen LogP contribution >= 0.6 is 0 Å². The molecular weight excluding hydrogens is 206 g/mol. The fourth-order valence-corrected chi connectivity index (χ4v) is 1.26. The molecule has 0 aliphatic carbocycles. The zero-order valence-corrected chi connectivity index (χ0v) is 10.2. The molecule has 92 valence electrons. The summed E-state index contributed by atoms with van der Waals surface area (Å²) < 4.78 is 4.88. The average molecular weight is 227 g/mol. The van der Waals surface area contributed by atoms with Crippen LogP contribution in [0.15, 0.2) is 0 Å². The van der Waals surface area contributed by atoms with Gasteiger partial charge in [-0.05, 0) is 13.0 Å². The second-order valence-electron chi connectivity index (χ2n) is 3.47. The van der Waals surface area contributed by atoms with Gasteiger partial charge in [-0.1, -0.05) is 6.92 Å². The van der Waals surface area contributed by atoms with Gasteiger partial charge in [-0.2, -0.15) is 5.26 Å². The maximum atomic E-state index is 11.5. The van der Waals surface area contributed by atoms with Crippen LogP contribution in [0, 0.1) is 11.3 Å². The molecule has 16 heavy (non-hydrogen) atoms. The highest BCUT2D eigenvalue weighted by atomic mass is 16.5. The zero-order valence-electron chi connectivity index (χ0n) is 10.2. The number of nitrogens with zero attached hydrogens (tertiary/aromatic N) is 2. The van der Waals surface area contributed by atoms with Crippen molar-refractivity contribution in [2.45, 2.75) is 19.8 Å². The van der Waals surface area contributed by atoms with Crippen molar-refractivity contribution in [3.63, 3.8) is 0 Å². The van der Waals surface area contributed by atoms with Crippen LogP contribution in [0.4, 0.5) is 0 Å². The van der Waals surface area contributed by atoms with E-state index in [-0.39, 0.29) is 5.91 Å². The first kappa shape index (κ1) is 14.9. The molecular formula is C11H21N3O2. The Morgan fingerprint density at radius 3 is 2.88 bits per heavy atom. The highest BCUT2D eigenvalue weighted by Crippen LogP contribution is 1.90. The fraction of sp³-hybridized carbons (Fsp3) is 0.818. The average Bonchev–Trinajstić information content (AvgIpc) is 2.30. The summed E-state index contributed by atoms with van der Waals surface area (Å²) in [7, 11) is 1.64. The van der Waals surface area contributed by atoms with Crippen LogP contribution < -0.4 is 5.32 Å². The van der Waals surface area contributed by atoms with E-state index in [1.54, 1.807) is 7.11 Å². The van der Waals surface area contributed by atoms with E-state index in [0.717, 1.165) is 13.0 Å². The molecule has 1 N–H and O–H groups in total. The zero-order chi connectivity index (χ0) is 12.2. The first-order valence-electron chi connectivity index (χ1n) is 5.59. The lowest BCUT2D eigenvalue weighted by Crippen LogP contribution is -2.38. The number of methoxy groups -OCH3 is 1. The number of ether oxygens (including phenoxy) is 1. The molecule has 0 aromatic rings. The van der Waals surface area contributed by atoms with E-state index in [9.17, 15) is 4.79 Å². The van der Waals surface area contributed by atoms with Gasteiger partial charge in [0.25, 0.3) is 0 Å². The number of amides is 1. The number of nitriles is 1. The lowest BCUT2D eigenvalue weighted by molar-refractivity contribution is -0.122. The van der Waals surface area contributed by atoms with Crippen molar-refractivity contribution >= 4 is 5.91 Å². The van der Waals surface area contributed by atoms with Gasteiger partial charge in [0.2, 0.25) is 5.91 Å². The third kappa shape index (κ3) is 8.21. The van der Waals surface area contributed by atoms with E-state index in [1.165, 1.54) is 0 Å². The van der Waals surface area contributed by atoms with Crippen LogP contribution in [-0.2, 0) is 9.53 Å². The van der Waals surface area contributed by atoms with Crippen molar-refractivity contribution in [1.82, 2.24) is 10.2 Å². The monoisotopic (exact) mass is 227 g/mol. The van der Waals surface area contributed by atoms with Gasteiger partial charge in [-0.3, -0.25) is 9.69 Å². The van der Waals surface area contributed by atoms with E-state index in [2.05, 4.69) is 11.4 Å². The first-order chi connectivity index (χ1) is 7.74. The minimum atomic E-state index is 0.0101. The highest BCUT2D eigenvalue weighted by molar-refractivity contribution is 5.77. The van der Waals surface area contributed by atoms with Crippen molar-refractivity contribution in [2.75, 3.05) is 39.9 Å². The molecule has 0 aromatic carbocycles. The largest absolute Gasteiger partial charge is 0.385 e. The second-order valence-corrected chi connectivity index (χ2v) is 3.47. The van der Waals surface area contributed by atoms with Crippen LogP contribution in [0.5, 0.6) is 0 Å². The van der Waals surface area contributed by atoms with E-state index in [1.807, 2.05) is 11.8 Å². The summed E-state index contributed by atoms with van der Waals surface area (Å²) in [6.45, 7) is 5.08. The third-order valence-electron chi connectivity index (χ3n) is 2.20. The van der Waals surface area contributed by atoms with Gasteiger partial charge in [0.1, 0.15) is 0 Å². The summed E-state index contributed by atoms with van der Waals surface area (Å²) in [5, 5.41) is 11.3. The summed E-state index contributed by atoms with van der Waals surface area (Å²) in [6, 6.07) is 2.08. The number of likely N-dealkylation sites (N-methyl/N-ethyl adjacent to an activating group) is 1. The summed E-state index contributed by atoms with van der Waals surface area (Å²) in [4.78, 5) is 13.4. The highest BCUT2D eigenvalue weighted by Gasteiger charge is 2.07. The Balaban J connectivity index is 3.62. The molecule has 0 fully saturated rings.